The van der Waals surface area contributed by atoms with E-state index < -0.39 is 0 Å². The lowest BCUT2D eigenvalue weighted by atomic mass is 9.98. The zero-order chi connectivity index (χ0) is 17.8. The Balaban J connectivity index is 1.88. The minimum Gasteiger partial charge on any atom is -0.493 e. The number of ketones is 1. The predicted molar refractivity (Wildman–Crippen MR) is 97.6 cm³/mol. The molecule has 4 nitrogen and oxygen atoms in total. The van der Waals surface area contributed by atoms with E-state index in [4.69, 9.17) is 14.2 Å². The highest BCUT2D eigenvalue weighted by Gasteiger charge is 2.22. The Morgan fingerprint density at radius 1 is 1.16 bits per heavy atom. The molecule has 25 heavy (non-hydrogen) atoms. The van der Waals surface area contributed by atoms with Crippen LogP contribution in [-0.4, -0.2) is 26.1 Å². The molecule has 130 valence electrons. The standard InChI is InChI=1S/C21H22O4/c1-14(2)12-24-20-11-15(8-9-19(20)23-3)10-16-13-25-18-7-5-4-6-17(18)21(16)22/h4-11,14H,12-13H2,1-3H3/b16-10+. The fourth-order valence-corrected chi connectivity index (χ4v) is 2.63. The van der Waals surface area contributed by atoms with Crippen molar-refractivity contribution in [3.8, 4) is 17.2 Å². The van der Waals surface area contributed by atoms with Crippen molar-refractivity contribution in [3.05, 3.63) is 59.2 Å². The Morgan fingerprint density at radius 2 is 1.96 bits per heavy atom. The molecule has 0 atom stereocenters. The van der Waals surface area contributed by atoms with Crippen LogP contribution in [0.25, 0.3) is 6.08 Å². The molecule has 0 spiro atoms. The summed E-state index contributed by atoms with van der Waals surface area (Å²) in [5, 5.41) is 0. The van der Waals surface area contributed by atoms with Gasteiger partial charge in [0.05, 0.1) is 19.3 Å². The molecule has 0 bridgehead atoms. The third-order valence-corrected chi connectivity index (χ3v) is 3.91. The second-order valence-corrected chi connectivity index (χ2v) is 6.40. The predicted octanol–water partition coefficient (Wildman–Crippen LogP) is 4.39. The third kappa shape index (κ3) is 3.85. The molecule has 0 aromatic heterocycles. The van der Waals surface area contributed by atoms with E-state index in [0.29, 0.717) is 40.9 Å². The monoisotopic (exact) mass is 338 g/mol. The number of fused-ring (bicyclic) bond motifs is 1. The maximum absolute atomic E-state index is 12.6. The van der Waals surface area contributed by atoms with Crippen LogP contribution in [0.2, 0.25) is 0 Å². The highest BCUT2D eigenvalue weighted by atomic mass is 16.5. The van der Waals surface area contributed by atoms with Crippen LogP contribution in [-0.2, 0) is 0 Å². The van der Waals surface area contributed by atoms with E-state index in [9.17, 15) is 4.79 Å². The molecular formula is C21H22O4. The van der Waals surface area contributed by atoms with Gasteiger partial charge in [0, 0.05) is 5.57 Å². The van der Waals surface area contributed by atoms with Gasteiger partial charge in [-0.05, 0) is 41.8 Å². The summed E-state index contributed by atoms with van der Waals surface area (Å²) in [5.74, 6) is 2.41. The Hall–Kier alpha value is -2.75. The van der Waals surface area contributed by atoms with Crippen molar-refractivity contribution in [1.82, 2.24) is 0 Å². The molecule has 0 saturated carbocycles. The van der Waals surface area contributed by atoms with Crippen LogP contribution in [0.5, 0.6) is 17.2 Å². The summed E-state index contributed by atoms with van der Waals surface area (Å²) in [4.78, 5) is 12.6. The third-order valence-electron chi connectivity index (χ3n) is 3.91. The van der Waals surface area contributed by atoms with E-state index in [0.717, 1.165) is 5.56 Å². The average molecular weight is 338 g/mol. The molecule has 0 saturated heterocycles. The maximum Gasteiger partial charge on any atom is 0.196 e. The number of Topliss-reactive ketones (excluding diaryl/α,β-unsaturated/α-hetero) is 1. The van der Waals surface area contributed by atoms with Crippen LogP contribution in [0.4, 0.5) is 0 Å². The number of methoxy groups -OCH3 is 1. The topological polar surface area (TPSA) is 44.8 Å². The number of carbonyl (C=O) groups excluding carboxylic acids is 1. The molecular weight excluding hydrogens is 316 g/mol. The average Bonchev–Trinajstić information content (AvgIpc) is 2.62. The summed E-state index contributed by atoms with van der Waals surface area (Å²) in [7, 11) is 1.62. The van der Waals surface area contributed by atoms with Gasteiger partial charge in [-0.2, -0.15) is 0 Å². The fourth-order valence-electron chi connectivity index (χ4n) is 2.63. The molecule has 1 aliphatic heterocycles. The SMILES string of the molecule is COc1ccc(/C=C2\COc3ccccc3C2=O)cc1OCC(C)C. The first-order valence-electron chi connectivity index (χ1n) is 8.36. The number of hydrogen-bond donors (Lipinski definition) is 0. The van der Waals surface area contributed by atoms with E-state index in [1.807, 2.05) is 42.5 Å². The van der Waals surface area contributed by atoms with Crippen LogP contribution in [0.1, 0.15) is 29.8 Å². The summed E-state index contributed by atoms with van der Waals surface area (Å²) >= 11 is 0. The molecule has 0 N–H and O–H groups in total. The van der Waals surface area contributed by atoms with E-state index in [1.54, 1.807) is 13.2 Å². The van der Waals surface area contributed by atoms with Gasteiger partial charge in [-0.1, -0.05) is 32.0 Å². The minimum absolute atomic E-state index is 0.00215. The number of benzene rings is 2. The van der Waals surface area contributed by atoms with Crippen molar-refractivity contribution in [2.45, 2.75) is 13.8 Å². The first-order valence-corrected chi connectivity index (χ1v) is 8.36. The number of ether oxygens (including phenoxy) is 3. The van der Waals surface area contributed by atoms with Gasteiger partial charge >= 0.3 is 0 Å². The van der Waals surface area contributed by atoms with Crippen molar-refractivity contribution in [2.75, 3.05) is 20.3 Å². The second-order valence-electron chi connectivity index (χ2n) is 6.40. The molecule has 1 aliphatic rings. The summed E-state index contributed by atoms with van der Waals surface area (Å²) in [6.07, 6.45) is 1.85. The number of para-hydroxylation sites is 1. The minimum atomic E-state index is 0.00215. The van der Waals surface area contributed by atoms with Gasteiger partial charge in [0.15, 0.2) is 17.3 Å². The number of hydrogen-bond acceptors (Lipinski definition) is 4. The van der Waals surface area contributed by atoms with E-state index >= 15 is 0 Å². The fraction of sp³-hybridized carbons (Fsp3) is 0.286. The van der Waals surface area contributed by atoms with Crippen LogP contribution in [0, 0.1) is 5.92 Å². The number of rotatable bonds is 5. The van der Waals surface area contributed by atoms with E-state index in [1.165, 1.54) is 0 Å². The Kier molecular flexibility index (Phi) is 5.08. The summed E-state index contributed by atoms with van der Waals surface area (Å²) in [6, 6.07) is 13.0. The Bertz CT molecular complexity index is 805. The summed E-state index contributed by atoms with van der Waals surface area (Å²) in [6.45, 7) is 5.05. The summed E-state index contributed by atoms with van der Waals surface area (Å²) in [5.41, 5.74) is 2.11. The van der Waals surface area contributed by atoms with E-state index in [2.05, 4.69) is 13.8 Å². The van der Waals surface area contributed by atoms with Gasteiger partial charge in [0.25, 0.3) is 0 Å². The molecule has 1 heterocycles. The zero-order valence-electron chi connectivity index (χ0n) is 14.7. The normalized spacial score (nSPS) is 15.0. The number of carbonyl (C=O) groups is 1. The quantitative estimate of drug-likeness (QED) is 0.759. The second kappa shape index (κ2) is 7.43. The van der Waals surface area contributed by atoms with Gasteiger partial charge in [-0.15, -0.1) is 0 Å². The van der Waals surface area contributed by atoms with Crippen LogP contribution in [0.3, 0.4) is 0 Å². The molecule has 0 aliphatic carbocycles. The highest BCUT2D eigenvalue weighted by molar-refractivity contribution is 6.14. The lowest BCUT2D eigenvalue weighted by Crippen LogP contribution is -2.18. The van der Waals surface area contributed by atoms with Crippen molar-refractivity contribution in [1.29, 1.82) is 0 Å². The van der Waals surface area contributed by atoms with Gasteiger partial charge in [0.2, 0.25) is 0 Å². The lowest BCUT2D eigenvalue weighted by molar-refractivity contribution is 0.100. The molecule has 2 aromatic carbocycles. The van der Waals surface area contributed by atoms with Crippen molar-refractivity contribution in [3.63, 3.8) is 0 Å². The maximum atomic E-state index is 12.6. The molecule has 2 aromatic rings. The molecule has 3 rings (SSSR count). The van der Waals surface area contributed by atoms with Crippen LogP contribution >= 0.6 is 0 Å². The van der Waals surface area contributed by atoms with Crippen LogP contribution in [0.15, 0.2) is 48.0 Å². The van der Waals surface area contributed by atoms with Gasteiger partial charge in [-0.3, -0.25) is 4.79 Å². The van der Waals surface area contributed by atoms with Crippen molar-refractivity contribution < 1.29 is 19.0 Å². The molecule has 0 unspecified atom stereocenters. The van der Waals surface area contributed by atoms with Gasteiger partial charge in [-0.25, -0.2) is 0 Å². The largest absolute Gasteiger partial charge is 0.493 e. The first kappa shape index (κ1) is 17.1. The lowest BCUT2D eigenvalue weighted by Gasteiger charge is -2.18. The highest BCUT2D eigenvalue weighted by Crippen LogP contribution is 2.31. The van der Waals surface area contributed by atoms with Gasteiger partial charge < -0.3 is 14.2 Å². The van der Waals surface area contributed by atoms with Crippen molar-refractivity contribution >= 4 is 11.9 Å². The first-order chi connectivity index (χ1) is 12.1. The molecule has 4 heteroatoms. The van der Waals surface area contributed by atoms with E-state index in [-0.39, 0.29) is 12.4 Å². The Labute approximate surface area is 148 Å². The van der Waals surface area contributed by atoms with Crippen LogP contribution < -0.4 is 14.2 Å². The molecule has 0 amide bonds. The molecule has 0 radical (unpaired) electrons. The van der Waals surface area contributed by atoms with Gasteiger partial charge in [0.1, 0.15) is 12.4 Å². The zero-order valence-corrected chi connectivity index (χ0v) is 14.7. The van der Waals surface area contributed by atoms with Crippen molar-refractivity contribution in [2.24, 2.45) is 5.92 Å². The smallest absolute Gasteiger partial charge is 0.196 e. The molecule has 0 fully saturated rings. The Morgan fingerprint density at radius 3 is 2.72 bits per heavy atom. The summed E-state index contributed by atoms with van der Waals surface area (Å²) < 4.78 is 16.9.